The van der Waals surface area contributed by atoms with Crippen LogP contribution in [0.15, 0.2) is 72.4 Å². The molecular formula is C28H25N3O8. The number of nitrogens with zero attached hydrogens (tertiary/aromatic N) is 1. The normalized spacial score (nSPS) is 13.7. The zero-order chi connectivity index (χ0) is 27.9. The minimum atomic E-state index is -1.03. The second kappa shape index (κ2) is 11.8. The third kappa shape index (κ3) is 6.34. The first-order valence-electron chi connectivity index (χ1n) is 11.7. The molecule has 11 heteroatoms. The highest BCUT2D eigenvalue weighted by Gasteiger charge is 2.35. The van der Waals surface area contributed by atoms with Crippen LogP contribution in [0.3, 0.4) is 0 Å². The van der Waals surface area contributed by atoms with Crippen molar-refractivity contribution in [1.82, 2.24) is 10.2 Å². The van der Waals surface area contributed by atoms with E-state index in [1.807, 2.05) is 0 Å². The summed E-state index contributed by atoms with van der Waals surface area (Å²) >= 11 is 0. The number of carbonyl (C=O) groups excluding carboxylic acids is 3. The third-order valence-electron chi connectivity index (χ3n) is 5.71. The van der Waals surface area contributed by atoms with Crippen molar-refractivity contribution in [2.45, 2.75) is 6.61 Å². The molecule has 4 rings (SSSR count). The van der Waals surface area contributed by atoms with Crippen LogP contribution in [0.1, 0.15) is 21.5 Å². The topological polar surface area (TPSA) is 144 Å². The molecule has 39 heavy (non-hydrogen) atoms. The molecular weight excluding hydrogens is 506 g/mol. The Morgan fingerprint density at radius 3 is 2.46 bits per heavy atom. The van der Waals surface area contributed by atoms with Crippen molar-refractivity contribution in [2.24, 2.45) is 0 Å². The number of nitrogens with one attached hydrogen (secondary N) is 2. The van der Waals surface area contributed by atoms with Crippen molar-refractivity contribution in [1.29, 1.82) is 0 Å². The molecule has 1 heterocycles. The molecule has 0 spiro atoms. The molecule has 3 aromatic rings. The molecule has 11 nitrogen and oxygen atoms in total. The Labute approximate surface area is 223 Å². The summed E-state index contributed by atoms with van der Waals surface area (Å²) in [6, 6.07) is 17.3. The Morgan fingerprint density at radius 2 is 1.72 bits per heavy atom. The summed E-state index contributed by atoms with van der Waals surface area (Å²) in [4.78, 5) is 49.8. The molecule has 0 atom stereocenters. The molecule has 0 unspecified atom stereocenters. The van der Waals surface area contributed by atoms with Crippen LogP contribution in [0.4, 0.5) is 10.5 Å². The van der Waals surface area contributed by atoms with Crippen molar-refractivity contribution in [2.75, 3.05) is 26.1 Å². The fourth-order valence-corrected chi connectivity index (χ4v) is 3.81. The SMILES string of the molecule is COc1ccccc1NC(=O)CN1C(=O)N/C(=C/c2ccc(OCc3cccc(C(=O)O)c3)c(OC)c2)C1=O. The minimum absolute atomic E-state index is 0.00806. The number of carboxylic acids is 1. The van der Waals surface area contributed by atoms with Gasteiger partial charge in [0, 0.05) is 0 Å². The van der Waals surface area contributed by atoms with Gasteiger partial charge in [-0.1, -0.05) is 30.3 Å². The number of ether oxygens (including phenoxy) is 3. The van der Waals surface area contributed by atoms with E-state index in [0.29, 0.717) is 34.1 Å². The summed E-state index contributed by atoms with van der Waals surface area (Å²) in [5.41, 5.74) is 1.76. The molecule has 0 saturated carbocycles. The van der Waals surface area contributed by atoms with Gasteiger partial charge in [0.15, 0.2) is 11.5 Å². The van der Waals surface area contributed by atoms with Crippen LogP contribution < -0.4 is 24.8 Å². The van der Waals surface area contributed by atoms with Crippen molar-refractivity contribution < 1.29 is 38.5 Å². The van der Waals surface area contributed by atoms with Crippen LogP contribution >= 0.6 is 0 Å². The Bertz CT molecular complexity index is 1470. The Morgan fingerprint density at radius 1 is 0.949 bits per heavy atom. The fourth-order valence-electron chi connectivity index (χ4n) is 3.81. The van der Waals surface area contributed by atoms with E-state index in [1.165, 1.54) is 32.4 Å². The van der Waals surface area contributed by atoms with Gasteiger partial charge in [-0.05, 0) is 53.6 Å². The molecule has 4 amide bonds. The maximum Gasteiger partial charge on any atom is 0.335 e. The quantitative estimate of drug-likeness (QED) is 0.266. The maximum atomic E-state index is 12.9. The first-order chi connectivity index (χ1) is 18.8. The van der Waals surface area contributed by atoms with Gasteiger partial charge in [-0.15, -0.1) is 0 Å². The summed E-state index contributed by atoms with van der Waals surface area (Å²) in [6.07, 6.45) is 1.46. The zero-order valence-corrected chi connectivity index (χ0v) is 21.1. The van der Waals surface area contributed by atoms with Gasteiger partial charge in [0.05, 0.1) is 25.5 Å². The smallest absolute Gasteiger partial charge is 0.335 e. The molecule has 1 saturated heterocycles. The van der Waals surface area contributed by atoms with Gasteiger partial charge in [-0.2, -0.15) is 0 Å². The summed E-state index contributed by atoms with van der Waals surface area (Å²) in [7, 11) is 2.92. The second-order valence-electron chi connectivity index (χ2n) is 8.33. The number of anilines is 1. The van der Waals surface area contributed by atoms with E-state index >= 15 is 0 Å². The van der Waals surface area contributed by atoms with Crippen LogP contribution in [0.2, 0.25) is 0 Å². The molecule has 1 aliphatic heterocycles. The first kappa shape index (κ1) is 26.7. The summed E-state index contributed by atoms with van der Waals surface area (Å²) < 4.78 is 16.4. The molecule has 1 aliphatic rings. The van der Waals surface area contributed by atoms with Crippen molar-refractivity contribution in [3.63, 3.8) is 0 Å². The summed E-state index contributed by atoms with van der Waals surface area (Å²) in [5, 5.41) is 14.3. The van der Waals surface area contributed by atoms with Gasteiger partial charge in [0.2, 0.25) is 5.91 Å². The average Bonchev–Trinajstić information content (AvgIpc) is 3.19. The Kier molecular flexibility index (Phi) is 8.10. The average molecular weight is 532 g/mol. The van der Waals surface area contributed by atoms with Crippen LogP contribution in [0, 0.1) is 0 Å². The largest absolute Gasteiger partial charge is 0.495 e. The molecule has 3 aromatic carbocycles. The lowest BCUT2D eigenvalue weighted by atomic mass is 10.1. The molecule has 0 bridgehead atoms. The number of carboxylic acid groups (broad SMARTS) is 1. The van der Waals surface area contributed by atoms with E-state index in [2.05, 4.69) is 10.6 Å². The maximum absolute atomic E-state index is 12.9. The molecule has 200 valence electrons. The number of aromatic carboxylic acids is 1. The predicted molar refractivity (Wildman–Crippen MR) is 141 cm³/mol. The number of hydrogen-bond acceptors (Lipinski definition) is 7. The van der Waals surface area contributed by atoms with Gasteiger partial charge in [-0.3, -0.25) is 9.59 Å². The predicted octanol–water partition coefficient (Wildman–Crippen LogP) is 3.51. The highest BCUT2D eigenvalue weighted by molar-refractivity contribution is 6.16. The Hall–Kier alpha value is -5.32. The summed E-state index contributed by atoms with van der Waals surface area (Å²) in [5.74, 6) is -1.05. The molecule has 0 aliphatic carbocycles. The number of para-hydroxylation sites is 2. The minimum Gasteiger partial charge on any atom is -0.495 e. The Balaban J connectivity index is 1.43. The zero-order valence-electron chi connectivity index (χ0n) is 21.1. The monoisotopic (exact) mass is 531 g/mol. The molecule has 3 N–H and O–H groups in total. The van der Waals surface area contributed by atoms with Gasteiger partial charge < -0.3 is 30.0 Å². The lowest BCUT2D eigenvalue weighted by Crippen LogP contribution is -2.38. The molecule has 0 radical (unpaired) electrons. The molecule has 1 fully saturated rings. The van der Waals surface area contributed by atoms with Crippen LogP contribution in [0.25, 0.3) is 6.08 Å². The first-order valence-corrected chi connectivity index (χ1v) is 11.7. The van der Waals surface area contributed by atoms with Crippen LogP contribution in [-0.2, 0) is 16.2 Å². The van der Waals surface area contributed by atoms with E-state index in [4.69, 9.17) is 19.3 Å². The number of hydrogen-bond donors (Lipinski definition) is 3. The van der Waals surface area contributed by atoms with Crippen molar-refractivity contribution in [3.05, 3.63) is 89.1 Å². The van der Waals surface area contributed by atoms with E-state index in [9.17, 15) is 19.2 Å². The number of imide groups is 1. The fraction of sp³-hybridized carbons (Fsp3) is 0.143. The van der Waals surface area contributed by atoms with E-state index in [1.54, 1.807) is 54.6 Å². The number of urea groups is 1. The van der Waals surface area contributed by atoms with Crippen molar-refractivity contribution >= 4 is 35.6 Å². The number of rotatable bonds is 10. The number of amides is 4. The number of carbonyl (C=O) groups is 4. The molecule has 0 aromatic heterocycles. The van der Waals surface area contributed by atoms with Gasteiger partial charge in [0.25, 0.3) is 5.91 Å². The highest BCUT2D eigenvalue weighted by atomic mass is 16.5. The van der Waals surface area contributed by atoms with Gasteiger partial charge in [0.1, 0.15) is 24.6 Å². The van der Waals surface area contributed by atoms with E-state index in [0.717, 1.165) is 4.90 Å². The lowest BCUT2D eigenvalue weighted by molar-refractivity contribution is -0.127. The van der Waals surface area contributed by atoms with Gasteiger partial charge >= 0.3 is 12.0 Å². The second-order valence-corrected chi connectivity index (χ2v) is 8.33. The summed E-state index contributed by atoms with van der Waals surface area (Å²) in [6.45, 7) is -0.377. The van der Waals surface area contributed by atoms with Gasteiger partial charge in [-0.25, -0.2) is 14.5 Å². The highest BCUT2D eigenvalue weighted by Crippen LogP contribution is 2.30. The standard InChI is InChI=1S/C28H25N3O8/c1-37-22-9-4-3-8-20(22)29-25(32)15-31-26(33)21(30-28(31)36)13-17-10-11-23(24(14-17)38-2)39-16-18-6-5-7-19(12-18)27(34)35/h3-14H,15-16H2,1-2H3,(H,29,32)(H,30,36)(H,34,35)/b21-13+. The lowest BCUT2D eigenvalue weighted by Gasteiger charge is -2.13. The van der Waals surface area contributed by atoms with Crippen LogP contribution in [0.5, 0.6) is 17.2 Å². The van der Waals surface area contributed by atoms with Crippen LogP contribution in [-0.4, -0.2) is 54.6 Å². The van der Waals surface area contributed by atoms with E-state index in [-0.39, 0.29) is 17.9 Å². The number of benzene rings is 3. The number of methoxy groups -OCH3 is 2. The third-order valence-corrected chi connectivity index (χ3v) is 5.71. The van der Waals surface area contributed by atoms with E-state index < -0.39 is 30.4 Å². The van der Waals surface area contributed by atoms with Crippen molar-refractivity contribution in [3.8, 4) is 17.2 Å².